The summed E-state index contributed by atoms with van der Waals surface area (Å²) in [5.41, 5.74) is -0.571. The Bertz CT molecular complexity index is 127. The van der Waals surface area contributed by atoms with Crippen molar-refractivity contribution in [2.24, 2.45) is 0 Å². The van der Waals surface area contributed by atoms with Gasteiger partial charge in [-0.05, 0) is 27.7 Å². The number of hydrogen-bond acceptors (Lipinski definition) is 2. The molecule has 0 aromatic heterocycles. The van der Waals surface area contributed by atoms with Crippen LogP contribution in [0.15, 0.2) is 0 Å². The Morgan fingerprint density at radius 3 is 1.25 bits per heavy atom. The van der Waals surface area contributed by atoms with Gasteiger partial charge in [0.1, 0.15) is 14.0 Å². The van der Waals surface area contributed by atoms with Gasteiger partial charge in [-0.15, -0.1) is 0 Å². The van der Waals surface area contributed by atoms with Crippen LogP contribution in [0.2, 0.25) is 0 Å². The zero-order valence-corrected chi connectivity index (χ0v) is 8.97. The first-order chi connectivity index (χ1) is 5.35. The molecule has 1 aliphatic rings. The van der Waals surface area contributed by atoms with Crippen molar-refractivity contribution in [2.45, 2.75) is 58.9 Å². The molecule has 0 N–H and O–H groups in total. The summed E-state index contributed by atoms with van der Waals surface area (Å²) in [6, 6.07) is 0. The van der Waals surface area contributed by atoms with Crippen LogP contribution in [0, 0.1) is 0 Å². The van der Waals surface area contributed by atoms with Gasteiger partial charge in [0.15, 0.2) is 0 Å². The van der Waals surface area contributed by atoms with E-state index in [-0.39, 0.29) is 11.2 Å². The SMILES string of the molecule is CC.[B]C1OC(C)(C)C(C)(C)O1. The molecule has 0 unspecified atom stereocenters. The number of hydrogen-bond donors (Lipinski definition) is 0. The summed E-state index contributed by atoms with van der Waals surface area (Å²) >= 11 is 0. The molecule has 0 aromatic rings. The minimum absolute atomic E-state index is 0.285. The summed E-state index contributed by atoms with van der Waals surface area (Å²) in [7, 11) is 5.44. The van der Waals surface area contributed by atoms with Gasteiger partial charge in [-0.2, -0.15) is 0 Å². The highest BCUT2D eigenvalue weighted by Gasteiger charge is 2.47. The molecule has 0 atom stereocenters. The second kappa shape index (κ2) is 3.80. The maximum atomic E-state index is 5.44. The van der Waals surface area contributed by atoms with Gasteiger partial charge in [0.2, 0.25) is 0 Å². The number of rotatable bonds is 0. The van der Waals surface area contributed by atoms with Crippen LogP contribution >= 0.6 is 0 Å². The van der Waals surface area contributed by atoms with Crippen LogP contribution in [0.5, 0.6) is 0 Å². The zero-order chi connectivity index (χ0) is 9.99. The quantitative estimate of drug-likeness (QED) is 0.518. The summed E-state index contributed by atoms with van der Waals surface area (Å²) in [5, 5.41) is 0. The fourth-order valence-corrected chi connectivity index (χ4v) is 0.889. The van der Waals surface area contributed by atoms with Crippen molar-refractivity contribution in [3.8, 4) is 0 Å². The van der Waals surface area contributed by atoms with E-state index in [1.165, 1.54) is 0 Å². The molecular formula is C9H19BO2. The lowest BCUT2D eigenvalue weighted by Crippen LogP contribution is -2.41. The lowest BCUT2D eigenvalue weighted by molar-refractivity contribution is -0.0249. The van der Waals surface area contributed by atoms with E-state index in [0.717, 1.165) is 0 Å². The van der Waals surface area contributed by atoms with Crippen molar-refractivity contribution in [3.63, 3.8) is 0 Å². The second-order valence-electron chi connectivity index (χ2n) is 3.62. The fraction of sp³-hybridized carbons (Fsp3) is 1.00. The molecule has 0 saturated carbocycles. The molecule has 12 heavy (non-hydrogen) atoms. The molecule has 2 nitrogen and oxygen atoms in total. The third kappa shape index (κ3) is 2.24. The maximum absolute atomic E-state index is 5.44. The Balaban J connectivity index is 0.000000561. The van der Waals surface area contributed by atoms with Crippen LogP contribution < -0.4 is 0 Å². The van der Waals surface area contributed by atoms with E-state index >= 15 is 0 Å². The Kier molecular flexibility index (Phi) is 3.79. The highest BCUT2D eigenvalue weighted by atomic mass is 16.7. The van der Waals surface area contributed by atoms with Crippen molar-refractivity contribution in [1.82, 2.24) is 0 Å². The minimum atomic E-state index is -0.565. The lowest BCUT2D eigenvalue weighted by Gasteiger charge is -2.30. The first-order valence-electron chi connectivity index (χ1n) is 4.46. The third-order valence-electron chi connectivity index (χ3n) is 2.27. The van der Waals surface area contributed by atoms with Gasteiger partial charge in [0.05, 0.1) is 11.2 Å². The molecule has 0 aromatic carbocycles. The molecule has 1 fully saturated rings. The Morgan fingerprint density at radius 1 is 0.917 bits per heavy atom. The zero-order valence-electron chi connectivity index (χ0n) is 8.97. The molecule has 3 heteroatoms. The topological polar surface area (TPSA) is 18.5 Å². The average Bonchev–Trinajstić information content (AvgIpc) is 2.04. The van der Waals surface area contributed by atoms with Crippen LogP contribution in [0.3, 0.4) is 0 Å². The van der Waals surface area contributed by atoms with E-state index < -0.39 is 6.19 Å². The third-order valence-corrected chi connectivity index (χ3v) is 2.27. The molecule has 1 aliphatic heterocycles. The van der Waals surface area contributed by atoms with Gasteiger partial charge >= 0.3 is 0 Å². The molecule has 2 radical (unpaired) electrons. The monoisotopic (exact) mass is 170 g/mol. The Labute approximate surface area is 77.0 Å². The normalized spacial score (nSPS) is 26.2. The molecule has 1 rings (SSSR count). The van der Waals surface area contributed by atoms with E-state index in [1.54, 1.807) is 0 Å². The second-order valence-corrected chi connectivity index (χ2v) is 3.62. The van der Waals surface area contributed by atoms with Gasteiger partial charge in [-0.25, -0.2) is 0 Å². The molecule has 0 spiro atoms. The maximum Gasteiger partial charge on any atom is 0.149 e. The molecule has 0 aliphatic carbocycles. The van der Waals surface area contributed by atoms with Crippen LogP contribution in [-0.2, 0) is 9.47 Å². The Hall–Kier alpha value is -0.0151. The lowest BCUT2D eigenvalue weighted by atomic mass is 9.90. The molecule has 0 bridgehead atoms. The van der Waals surface area contributed by atoms with Crippen LogP contribution in [0.4, 0.5) is 0 Å². The van der Waals surface area contributed by atoms with Gasteiger partial charge in [0, 0.05) is 0 Å². The summed E-state index contributed by atoms with van der Waals surface area (Å²) in [6.45, 7) is 11.9. The van der Waals surface area contributed by atoms with E-state index in [0.29, 0.717) is 0 Å². The largest absolute Gasteiger partial charge is 0.353 e. The van der Waals surface area contributed by atoms with E-state index in [2.05, 4.69) is 0 Å². The van der Waals surface area contributed by atoms with Gasteiger partial charge in [0.25, 0.3) is 0 Å². The van der Waals surface area contributed by atoms with Crippen molar-refractivity contribution in [2.75, 3.05) is 0 Å². The standard InChI is InChI=1S/C7H13BO2.C2H6/c1-6(2)7(3,4)10-5(8)9-6;1-2/h5H,1-4H3;1-2H3. The summed E-state index contributed by atoms with van der Waals surface area (Å²) < 4.78 is 10.6. The summed E-state index contributed by atoms with van der Waals surface area (Å²) in [4.78, 5) is 0. The van der Waals surface area contributed by atoms with Crippen molar-refractivity contribution >= 4 is 7.85 Å². The predicted molar refractivity (Wildman–Crippen MR) is 51.2 cm³/mol. The molecule has 1 heterocycles. The highest BCUT2D eigenvalue weighted by Crippen LogP contribution is 2.36. The molecule has 70 valence electrons. The first kappa shape index (κ1) is 12.0. The summed E-state index contributed by atoms with van der Waals surface area (Å²) in [5.74, 6) is 0. The predicted octanol–water partition coefficient (Wildman–Crippen LogP) is 2.07. The minimum Gasteiger partial charge on any atom is -0.353 e. The van der Waals surface area contributed by atoms with E-state index in [1.807, 2.05) is 41.5 Å². The van der Waals surface area contributed by atoms with Crippen molar-refractivity contribution < 1.29 is 9.47 Å². The smallest absolute Gasteiger partial charge is 0.149 e. The molecular weight excluding hydrogens is 151 g/mol. The van der Waals surface area contributed by atoms with Gasteiger partial charge in [-0.3, -0.25) is 0 Å². The number of ether oxygens (including phenoxy) is 2. The van der Waals surface area contributed by atoms with Gasteiger partial charge in [-0.1, -0.05) is 13.8 Å². The van der Waals surface area contributed by atoms with E-state index in [9.17, 15) is 0 Å². The highest BCUT2D eigenvalue weighted by molar-refractivity contribution is 6.10. The molecule has 0 amide bonds. The van der Waals surface area contributed by atoms with Crippen LogP contribution in [-0.4, -0.2) is 25.2 Å². The molecule has 1 saturated heterocycles. The Morgan fingerprint density at radius 2 is 1.17 bits per heavy atom. The average molecular weight is 170 g/mol. The van der Waals surface area contributed by atoms with Crippen LogP contribution in [0.1, 0.15) is 41.5 Å². The first-order valence-corrected chi connectivity index (χ1v) is 4.46. The van der Waals surface area contributed by atoms with Crippen molar-refractivity contribution in [1.29, 1.82) is 0 Å². The van der Waals surface area contributed by atoms with E-state index in [4.69, 9.17) is 17.3 Å². The summed E-state index contributed by atoms with van der Waals surface area (Å²) in [6.07, 6.45) is -0.565. The fourth-order valence-electron chi connectivity index (χ4n) is 0.889. The van der Waals surface area contributed by atoms with Crippen molar-refractivity contribution in [3.05, 3.63) is 0 Å². The van der Waals surface area contributed by atoms with Gasteiger partial charge < -0.3 is 9.47 Å². The van der Waals surface area contributed by atoms with Crippen LogP contribution in [0.25, 0.3) is 0 Å².